The number of aromatic nitrogens is 2. The van der Waals surface area contributed by atoms with Gasteiger partial charge < -0.3 is 19.7 Å². The van der Waals surface area contributed by atoms with Crippen LogP contribution >= 0.6 is 0 Å². The Hall–Kier alpha value is -1.60. The molecular weight excluding hydrogens is 308 g/mol. The first-order chi connectivity index (χ1) is 11.7. The Morgan fingerprint density at radius 3 is 2.46 bits per heavy atom. The molecule has 0 unspecified atom stereocenters. The van der Waals surface area contributed by atoms with E-state index in [0.29, 0.717) is 19.6 Å². The molecule has 2 fully saturated rings. The second-order valence-electron chi connectivity index (χ2n) is 6.68. The first-order valence-corrected chi connectivity index (χ1v) is 8.94. The summed E-state index contributed by atoms with van der Waals surface area (Å²) < 4.78 is 13.2. The molecule has 3 heterocycles. The zero-order chi connectivity index (χ0) is 16.8. The molecule has 0 spiro atoms. The van der Waals surface area contributed by atoms with Gasteiger partial charge in [-0.1, -0.05) is 0 Å². The first-order valence-electron chi connectivity index (χ1n) is 8.94. The van der Waals surface area contributed by atoms with Gasteiger partial charge in [0.15, 0.2) is 0 Å². The fourth-order valence-corrected chi connectivity index (χ4v) is 3.34. The Balaban J connectivity index is 1.48. The number of carbonyl (C=O) groups excluding carboxylic acids is 1. The van der Waals surface area contributed by atoms with Crippen molar-refractivity contribution in [3.63, 3.8) is 0 Å². The average molecular weight is 336 g/mol. The third-order valence-electron chi connectivity index (χ3n) is 4.63. The van der Waals surface area contributed by atoms with E-state index in [9.17, 15) is 4.79 Å². The lowest BCUT2D eigenvalue weighted by Gasteiger charge is -2.28. The normalized spacial score (nSPS) is 23.5. The van der Waals surface area contributed by atoms with Gasteiger partial charge in [-0.2, -0.15) is 5.10 Å². The predicted octanol–water partition coefficient (Wildman–Crippen LogP) is 1.33. The third-order valence-corrected chi connectivity index (χ3v) is 4.63. The Morgan fingerprint density at radius 2 is 1.96 bits per heavy atom. The van der Waals surface area contributed by atoms with Crippen molar-refractivity contribution in [1.29, 1.82) is 0 Å². The molecule has 2 saturated heterocycles. The molecule has 1 aromatic rings. The van der Waals surface area contributed by atoms with Gasteiger partial charge in [0.1, 0.15) is 0 Å². The van der Waals surface area contributed by atoms with E-state index in [2.05, 4.69) is 10.4 Å². The number of amides is 2. The summed E-state index contributed by atoms with van der Waals surface area (Å²) in [6, 6.07) is -0.0232. The van der Waals surface area contributed by atoms with Crippen LogP contribution in [0.25, 0.3) is 0 Å². The minimum atomic E-state index is -0.0232. The lowest BCUT2D eigenvalue weighted by molar-refractivity contribution is 0.0499. The Kier molecular flexibility index (Phi) is 6.09. The lowest BCUT2D eigenvalue weighted by Crippen LogP contribution is -2.47. The van der Waals surface area contributed by atoms with E-state index in [1.165, 1.54) is 0 Å². The van der Waals surface area contributed by atoms with Crippen LogP contribution in [0.1, 0.15) is 31.2 Å². The first kappa shape index (κ1) is 17.2. The number of urea groups is 1. The van der Waals surface area contributed by atoms with E-state index in [1.54, 1.807) is 4.68 Å². The Bertz CT molecular complexity index is 504. The summed E-state index contributed by atoms with van der Waals surface area (Å²) >= 11 is 0. The maximum Gasteiger partial charge on any atom is 0.317 e. The third kappa shape index (κ3) is 4.95. The predicted molar refractivity (Wildman–Crippen MR) is 89.8 cm³/mol. The molecule has 24 heavy (non-hydrogen) atoms. The molecule has 0 radical (unpaired) electrons. The molecule has 2 amide bonds. The van der Waals surface area contributed by atoms with Crippen LogP contribution in [0.5, 0.6) is 0 Å². The summed E-state index contributed by atoms with van der Waals surface area (Å²) in [7, 11) is 1.90. The number of aryl methyl sites for hydroxylation is 1. The van der Waals surface area contributed by atoms with Gasteiger partial charge in [-0.3, -0.25) is 4.68 Å². The monoisotopic (exact) mass is 336 g/mol. The number of nitrogens with zero attached hydrogens (tertiary/aromatic N) is 3. The van der Waals surface area contributed by atoms with E-state index >= 15 is 0 Å². The zero-order valence-corrected chi connectivity index (χ0v) is 14.4. The van der Waals surface area contributed by atoms with Crippen LogP contribution < -0.4 is 5.32 Å². The van der Waals surface area contributed by atoms with Crippen LogP contribution in [-0.4, -0.2) is 65.8 Å². The largest absolute Gasteiger partial charge is 0.376 e. The van der Waals surface area contributed by atoms with Crippen molar-refractivity contribution < 1.29 is 14.3 Å². The molecule has 2 aliphatic heterocycles. The van der Waals surface area contributed by atoms with Crippen molar-refractivity contribution in [2.75, 3.05) is 32.8 Å². The van der Waals surface area contributed by atoms with Gasteiger partial charge in [0.05, 0.1) is 18.4 Å². The van der Waals surface area contributed by atoms with Gasteiger partial charge in [-0.15, -0.1) is 0 Å². The summed E-state index contributed by atoms with van der Waals surface area (Å²) in [6.07, 6.45) is 9.16. The highest BCUT2D eigenvalue weighted by Gasteiger charge is 2.26. The molecule has 1 N–H and O–H groups in total. The smallest absolute Gasteiger partial charge is 0.317 e. The highest BCUT2D eigenvalue weighted by molar-refractivity contribution is 5.74. The summed E-state index contributed by atoms with van der Waals surface area (Å²) in [6.45, 7) is 3.53. The second kappa shape index (κ2) is 8.48. The molecule has 7 heteroatoms. The van der Waals surface area contributed by atoms with E-state index in [1.807, 2.05) is 24.3 Å². The minimum absolute atomic E-state index is 0.0232. The molecule has 2 atom stereocenters. The van der Waals surface area contributed by atoms with E-state index < -0.39 is 0 Å². The highest BCUT2D eigenvalue weighted by atomic mass is 16.5. The SMILES string of the molecule is Cn1cc(CCNC(=O)N(C[C@H]2CCCO2)C[C@H]2CCCO2)cn1. The molecule has 2 aliphatic rings. The highest BCUT2D eigenvalue weighted by Crippen LogP contribution is 2.17. The van der Waals surface area contributed by atoms with Crippen LogP contribution in [0.4, 0.5) is 4.79 Å². The molecule has 134 valence electrons. The number of rotatable bonds is 7. The summed E-state index contributed by atoms with van der Waals surface area (Å²) in [5, 5.41) is 7.17. The maximum atomic E-state index is 12.6. The van der Waals surface area contributed by atoms with E-state index in [-0.39, 0.29) is 18.2 Å². The lowest BCUT2D eigenvalue weighted by atomic mass is 10.2. The van der Waals surface area contributed by atoms with Gasteiger partial charge in [0, 0.05) is 46.1 Å². The van der Waals surface area contributed by atoms with Gasteiger partial charge >= 0.3 is 6.03 Å². The fourth-order valence-electron chi connectivity index (χ4n) is 3.34. The molecule has 0 aliphatic carbocycles. The van der Waals surface area contributed by atoms with Crippen LogP contribution in [0.15, 0.2) is 12.4 Å². The van der Waals surface area contributed by atoms with Crippen molar-refractivity contribution in [2.45, 2.75) is 44.3 Å². The molecule has 1 aromatic heterocycles. The van der Waals surface area contributed by atoms with Crippen LogP contribution in [0, 0.1) is 0 Å². The van der Waals surface area contributed by atoms with Crippen molar-refractivity contribution in [3.05, 3.63) is 18.0 Å². The van der Waals surface area contributed by atoms with Gasteiger partial charge in [0.2, 0.25) is 0 Å². The standard InChI is InChI=1S/C17H28N4O3/c1-20-11-14(10-19-20)6-7-18-17(22)21(12-15-4-2-8-23-15)13-16-5-3-9-24-16/h10-11,15-16H,2-9,12-13H2,1H3,(H,18,22)/t15-,16-/m1/s1. The van der Waals surface area contributed by atoms with E-state index in [0.717, 1.165) is 50.9 Å². The number of ether oxygens (including phenoxy) is 2. The number of nitrogens with one attached hydrogen (secondary N) is 1. The van der Waals surface area contributed by atoms with Gasteiger partial charge in [-0.05, 0) is 37.7 Å². The van der Waals surface area contributed by atoms with Gasteiger partial charge in [0.25, 0.3) is 0 Å². The molecular formula is C17H28N4O3. The number of carbonyl (C=O) groups is 1. The topological polar surface area (TPSA) is 68.6 Å². The Morgan fingerprint density at radius 1 is 1.29 bits per heavy atom. The van der Waals surface area contributed by atoms with Crippen molar-refractivity contribution >= 4 is 6.03 Å². The van der Waals surface area contributed by atoms with Crippen molar-refractivity contribution in [3.8, 4) is 0 Å². The molecule has 7 nitrogen and oxygen atoms in total. The molecule has 0 saturated carbocycles. The molecule has 0 aromatic carbocycles. The molecule has 0 bridgehead atoms. The van der Waals surface area contributed by atoms with Crippen LogP contribution in [-0.2, 0) is 22.9 Å². The van der Waals surface area contributed by atoms with E-state index in [4.69, 9.17) is 9.47 Å². The van der Waals surface area contributed by atoms with Crippen LogP contribution in [0.3, 0.4) is 0 Å². The summed E-state index contributed by atoms with van der Waals surface area (Å²) in [5.74, 6) is 0. The number of hydrogen-bond acceptors (Lipinski definition) is 4. The fraction of sp³-hybridized carbons (Fsp3) is 0.765. The summed E-state index contributed by atoms with van der Waals surface area (Å²) in [4.78, 5) is 14.5. The minimum Gasteiger partial charge on any atom is -0.376 e. The van der Waals surface area contributed by atoms with Gasteiger partial charge in [-0.25, -0.2) is 4.79 Å². The van der Waals surface area contributed by atoms with Crippen LogP contribution in [0.2, 0.25) is 0 Å². The average Bonchev–Trinajstić information content (AvgIpc) is 3.30. The van der Waals surface area contributed by atoms with Crippen molar-refractivity contribution in [2.24, 2.45) is 7.05 Å². The molecule has 3 rings (SSSR count). The number of hydrogen-bond donors (Lipinski definition) is 1. The maximum absolute atomic E-state index is 12.6. The zero-order valence-electron chi connectivity index (χ0n) is 14.4. The summed E-state index contributed by atoms with van der Waals surface area (Å²) in [5.41, 5.74) is 1.13. The Labute approximate surface area is 143 Å². The quantitative estimate of drug-likeness (QED) is 0.816. The second-order valence-corrected chi connectivity index (χ2v) is 6.68. The van der Waals surface area contributed by atoms with Crippen molar-refractivity contribution in [1.82, 2.24) is 20.0 Å².